The third-order valence-electron chi connectivity index (χ3n) is 2.10. The van der Waals surface area contributed by atoms with Gasteiger partial charge in [-0.1, -0.05) is 6.07 Å². The van der Waals surface area contributed by atoms with Crippen LogP contribution in [0, 0.1) is 5.82 Å². The van der Waals surface area contributed by atoms with E-state index in [0.717, 1.165) is 6.42 Å². The molecule has 1 aromatic rings. The molecule has 0 saturated carbocycles. The number of benzene rings is 1. The SMILES string of the molecule is COCCCNc1cccc(F)c1NC(N)=S. The number of hydrogen-bond donors (Lipinski definition) is 3. The van der Waals surface area contributed by atoms with Crippen molar-refractivity contribution in [2.24, 2.45) is 5.73 Å². The molecule has 0 aliphatic heterocycles. The van der Waals surface area contributed by atoms with Gasteiger partial charge in [-0.15, -0.1) is 0 Å². The summed E-state index contributed by atoms with van der Waals surface area (Å²) in [6, 6.07) is 4.73. The predicted octanol–water partition coefficient (Wildman–Crippen LogP) is 1.93. The van der Waals surface area contributed by atoms with Crippen LogP contribution >= 0.6 is 12.2 Å². The van der Waals surface area contributed by atoms with Gasteiger partial charge in [0.2, 0.25) is 0 Å². The maximum atomic E-state index is 13.5. The van der Waals surface area contributed by atoms with E-state index < -0.39 is 5.82 Å². The van der Waals surface area contributed by atoms with Gasteiger partial charge in [0.25, 0.3) is 0 Å². The van der Waals surface area contributed by atoms with Gasteiger partial charge < -0.3 is 21.1 Å². The van der Waals surface area contributed by atoms with Crippen molar-refractivity contribution in [3.8, 4) is 0 Å². The number of nitrogens with one attached hydrogen (secondary N) is 2. The molecule has 17 heavy (non-hydrogen) atoms. The van der Waals surface area contributed by atoms with Crippen LogP contribution in [-0.2, 0) is 4.74 Å². The lowest BCUT2D eigenvalue weighted by atomic mass is 10.2. The number of ether oxygens (including phenoxy) is 1. The second kappa shape index (κ2) is 7.03. The number of hydrogen-bond acceptors (Lipinski definition) is 3. The maximum absolute atomic E-state index is 13.5. The van der Waals surface area contributed by atoms with Gasteiger partial charge in [0.1, 0.15) is 5.82 Å². The highest BCUT2D eigenvalue weighted by Crippen LogP contribution is 2.24. The van der Waals surface area contributed by atoms with Crippen molar-refractivity contribution in [1.82, 2.24) is 0 Å². The van der Waals surface area contributed by atoms with Gasteiger partial charge in [0.05, 0.1) is 11.4 Å². The van der Waals surface area contributed by atoms with Gasteiger partial charge in [-0.05, 0) is 30.8 Å². The summed E-state index contributed by atoms with van der Waals surface area (Å²) in [6.07, 6.45) is 0.833. The summed E-state index contributed by atoms with van der Waals surface area (Å²) in [6.45, 7) is 1.34. The van der Waals surface area contributed by atoms with E-state index in [4.69, 9.17) is 22.7 Å². The minimum absolute atomic E-state index is 0.0371. The van der Waals surface area contributed by atoms with Crippen molar-refractivity contribution < 1.29 is 9.13 Å². The van der Waals surface area contributed by atoms with Crippen molar-refractivity contribution in [3.05, 3.63) is 24.0 Å². The molecule has 1 rings (SSSR count). The Hall–Kier alpha value is -1.40. The molecule has 0 saturated heterocycles. The first-order chi connectivity index (χ1) is 8.15. The minimum Gasteiger partial charge on any atom is -0.385 e. The Kier molecular flexibility index (Phi) is 5.65. The molecule has 1 aromatic carbocycles. The number of anilines is 2. The Morgan fingerprint density at radius 1 is 1.53 bits per heavy atom. The fraction of sp³-hybridized carbons (Fsp3) is 0.364. The molecule has 0 aliphatic carbocycles. The lowest BCUT2D eigenvalue weighted by molar-refractivity contribution is 0.198. The van der Waals surface area contributed by atoms with E-state index in [1.165, 1.54) is 6.07 Å². The van der Waals surface area contributed by atoms with Gasteiger partial charge in [0.15, 0.2) is 5.11 Å². The zero-order valence-corrected chi connectivity index (χ0v) is 10.4. The Morgan fingerprint density at radius 2 is 2.29 bits per heavy atom. The molecule has 0 heterocycles. The lowest BCUT2D eigenvalue weighted by Crippen LogP contribution is -2.21. The standard InChI is InChI=1S/C11H16FN3OS/c1-16-7-3-6-14-9-5-2-4-8(12)10(9)15-11(13)17/h2,4-5,14H,3,6-7H2,1H3,(H3,13,15,17). The third-order valence-corrected chi connectivity index (χ3v) is 2.20. The fourth-order valence-electron chi connectivity index (χ4n) is 1.36. The van der Waals surface area contributed by atoms with Crippen LogP contribution in [0.5, 0.6) is 0 Å². The number of halogens is 1. The first-order valence-electron chi connectivity index (χ1n) is 5.23. The molecule has 94 valence electrons. The highest BCUT2D eigenvalue weighted by atomic mass is 32.1. The molecule has 6 heteroatoms. The van der Waals surface area contributed by atoms with Crippen molar-refractivity contribution in [3.63, 3.8) is 0 Å². The molecule has 0 radical (unpaired) electrons. The lowest BCUT2D eigenvalue weighted by Gasteiger charge is -2.13. The molecule has 0 aromatic heterocycles. The van der Waals surface area contributed by atoms with E-state index >= 15 is 0 Å². The van der Waals surface area contributed by atoms with E-state index in [0.29, 0.717) is 18.8 Å². The third kappa shape index (κ3) is 4.54. The van der Waals surface area contributed by atoms with Crippen LogP contribution in [-0.4, -0.2) is 25.4 Å². The molecule has 0 amide bonds. The topological polar surface area (TPSA) is 59.3 Å². The Labute approximate surface area is 105 Å². The molecule has 0 aliphatic rings. The molecule has 4 N–H and O–H groups in total. The highest BCUT2D eigenvalue weighted by molar-refractivity contribution is 7.80. The largest absolute Gasteiger partial charge is 0.385 e. The van der Waals surface area contributed by atoms with E-state index in [1.807, 2.05) is 0 Å². The second-order valence-corrected chi connectivity index (χ2v) is 3.86. The predicted molar refractivity (Wildman–Crippen MR) is 71.8 cm³/mol. The van der Waals surface area contributed by atoms with E-state index in [9.17, 15) is 4.39 Å². The quantitative estimate of drug-likeness (QED) is 0.537. The summed E-state index contributed by atoms with van der Waals surface area (Å²) in [4.78, 5) is 0. The molecular formula is C11H16FN3OS. The summed E-state index contributed by atoms with van der Waals surface area (Å²) >= 11 is 4.70. The number of rotatable bonds is 6. The first-order valence-corrected chi connectivity index (χ1v) is 5.63. The average Bonchev–Trinajstić information content (AvgIpc) is 2.28. The molecular weight excluding hydrogens is 241 g/mol. The van der Waals surface area contributed by atoms with Crippen LogP contribution in [0.4, 0.5) is 15.8 Å². The van der Waals surface area contributed by atoms with Gasteiger partial charge in [-0.2, -0.15) is 0 Å². The first kappa shape index (κ1) is 13.7. The van der Waals surface area contributed by atoms with E-state index in [-0.39, 0.29) is 10.8 Å². The summed E-state index contributed by atoms with van der Waals surface area (Å²) in [7, 11) is 1.64. The van der Waals surface area contributed by atoms with E-state index in [1.54, 1.807) is 19.2 Å². The molecule has 0 atom stereocenters. The van der Waals surface area contributed by atoms with Crippen LogP contribution < -0.4 is 16.4 Å². The summed E-state index contributed by atoms with van der Waals surface area (Å²) in [5.41, 5.74) is 6.25. The summed E-state index contributed by atoms with van der Waals surface area (Å²) < 4.78 is 18.5. The Balaban J connectivity index is 2.69. The number of thiocarbonyl (C=S) groups is 1. The zero-order chi connectivity index (χ0) is 12.7. The van der Waals surface area contributed by atoms with Gasteiger partial charge in [-0.25, -0.2) is 4.39 Å². The number of para-hydroxylation sites is 1. The van der Waals surface area contributed by atoms with Crippen LogP contribution in [0.1, 0.15) is 6.42 Å². The summed E-state index contributed by atoms with van der Waals surface area (Å²) in [5.74, 6) is -0.394. The van der Waals surface area contributed by atoms with Crippen molar-refractivity contribution in [1.29, 1.82) is 0 Å². The zero-order valence-electron chi connectivity index (χ0n) is 9.63. The smallest absolute Gasteiger partial charge is 0.168 e. The van der Waals surface area contributed by atoms with Crippen LogP contribution in [0.2, 0.25) is 0 Å². The van der Waals surface area contributed by atoms with Crippen LogP contribution in [0.3, 0.4) is 0 Å². The molecule has 0 bridgehead atoms. The number of nitrogens with two attached hydrogens (primary N) is 1. The van der Waals surface area contributed by atoms with Gasteiger partial charge in [-0.3, -0.25) is 0 Å². The molecule has 0 unspecified atom stereocenters. The van der Waals surface area contributed by atoms with Crippen LogP contribution in [0.15, 0.2) is 18.2 Å². The fourth-order valence-corrected chi connectivity index (χ4v) is 1.46. The molecule has 0 spiro atoms. The van der Waals surface area contributed by atoms with Gasteiger partial charge in [0, 0.05) is 20.3 Å². The van der Waals surface area contributed by atoms with Crippen molar-refractivity contribution >= 4 is 28.7 Å². The van der Waals surface area contributed by atoms with E-state index in [2.05, 4.69) is 10.6 Å². The Bertz CT molecular complexity index is 387. The Morgan fingerprint density at radius 3 is 2.94 bits per heavy atom. The highest BCUT2D eigenvalue weighted by Gasteiger charge is 2.08. The van der Waals surface area contributed by atoms with Crippen molar-refractivity contribution in [2.45, 2.75) is 6.42 Å². The normalized spacial score (nSPS) is 10.0. The second-order valence-electron chi connectivity index (χ2n) is 3.42. The maximum Gasteiger partial charge on any atom is 0.168 e. The molecule has 4 nitrogen and oxygen atoms in total. The monoisotopic (exact) mass is 257 g/mol. The van der Waals surface area contributed by atoms with Crippen LogP contribution in [0.25, 0.3) is 0 Å². The average molecular weight is 257 g/mol. The van der Waals surface area contributed by atoms with Gasteiger partial charge >= 0.3 is 0 Å². The summed E-state index contributed by atoms with van der Waals surface area (Å²) in [5, 5.41) is 5.76. The van der Waals surface area contributed by atoms with Crippen molar-refractivity contribution in [2.75, 3.05) is 30.9 Å². The molecule has 0 fully saturated rings. The minimum atomic E-state index is -0.394. The number of methoxy groups -OCH3 is 1.